The van der Waals surface area contributed by atoms with E-state index >= 15 is 0 Å². The van der Waals surface area contributed by atoms with E-state index in [0.29, 0.717) is 17.6 Å². The highest BCUT2D eigenvalue weighted by Crippen LogP contribution is 2.20. The highest BCUT2D eigenvalue weighted by atomic mass is 19.1. The molecule has 2 heterocycles. The number of likely N-dealkylation sites (tertiary alicyclic amines) is 1. The van der Waals surface area contributed by atoms with Gasteiger partial charge in [0, 0.05) is 25.2 Å². The third kappa shape index (κ3) is 4.89. The van der Waals surface area contributed by atoms with Crippen LogP contribution in [-0.2, 0) is 6.54 Å². The van der Waals surface area contributed by atoms with Crippen molar-refractivity contribution in [2.45, 2.75) is 19.4 Å². The number of benzene rings is 2. The molecular weight excluding hydrogens is 353 g/mol. The minimum absolute atomic E-state index is 0.263. The monoisotopic (exact) mass is 377 g/mol. The molecule has 28 heavy (non-hydrogen) atoms. The quantitative estimate of drug-likeness (QED) is 0.704. The molecular formula is C22H24FN5. The van der Waals surface area contributed by atoms with Crippen molar-refractivity contribution < 1.29 is 4.39 Å². The Balaban J connectivity index is 1.34. The van der Waals surface area contributed by atoms with Crippen molar-refractivity contribution >= 4 is 5.95 Å². The van der Waals surface area contributed by atoms with Crippen LogP contribution in [0.5, 0.6) is 0 Å². The zero-order valence-corrected chi connectivity index (χ0v) is 15.8. The van der Waals surface area contributed by atoms with E-state index in [1.807, 2.05) is 0 Å². The van der Waals surface area contributed by atoms with E-state index in [0.717, 1.165) is 31.7 Å². The lowest BCUT2D eigenvalue weighted by molar-refractivity contribution is 0.173. The first-order chi connectivity index (χ1) is 13.8. The fourth-order valence-electron chi connectivity index (χ4n) is 3.68. The first kappa shape index (κ1) is 18.5. The van der Waals surface area contributed by atoms with Gasteiger partial charge < -0.3 is 5.32 Å². The zero-order chi connectivity index (χ0) is 19.2. The summed E-state index contributed by atoms with van der Waals surface area (Å²) < 4.78 is 13.1. The molecule has 0 radical (unpaired) electrons. The van der Waals surface area contributed by atoms with Crippen molar-refractivity contribution in [2.24, 2.45) is 5.92 Å². The number of hydrogen-bond donors (Lipinski definition) is 1. The van der Waals surface area contributed by atoms with Crippen molar-refractivity contribution in [3.8, 4) is 11.3 Å². The maximum absolute atomic E-state index is 13.1. The largest absolute Gasteiger partial charge is 0.353 e. The highest BCUT2D eigenvalue weighted by Gasteiger charge is 2.20. The SMILES string of the molecule is Fc1ccc(-c2cnnc(NCC3CCCN(Cc4ccccc4)C3)n2)cc1. The third-order valence-corrected chi connectivity index (χ3v) is 5.10. The van der Waals surface area contributed by atoms with Gasteiger partial charge in [0.05, 0.1) is 11.9 Å². The van der Waals surface area contributed by atoms with Crippen LogP contribution in [0, 0.1) is 11.7 Å². The molecule has 1 aliphatic rings. The highest BCUT2D eigenvalue weighted by molar-refractivity contribution is 5.58. The van der Waals surface area contributed by atoms with E-state index in [1.165, 1.54) is 30.5 Å². The van der Waals surface area contributed by atoms with E-state index in [2.05, 4.69) is 55.7 Å². The summed E-state index contributed by atoms with van der Waals surface area (Å²) in [5, 5.41) is 11.5. The average molecular weight is 377 g/mol. The fourth-order valence-corrected chi connectivity index (χ4v) is 3.68. The predicted molar refractivity (Wildman–Crippen MR) is 108 cm³/mol. The van der Waals surface area contributed by atoms with Gasteiger partial charge in [-0.3, -0.25) is 4.90 Å². The summed E-state index contributed by atoms with van der Waals surface area (Å²) in [6, 6.07) is 16.9. The molecule has 0 aliphatic carbocycles. The van der Waals surface area contributed by atoms with Crippen molar-refractivity contribution in [1.82, 2.24) is 20.1 Å². The molecule has 1 N–H and O–H groups in total. The Hall–Kier alpha value is -2.86. The Labute approximate surface area is 164 Å². The molecule has 1 aromatic heterocycles. The van der Waals surface area contributed by atoms with Crippen LogP contribution in [-0.4, -0.2) is 39.7 Å². The summed E-state index contributed by atoms with van der Waals surface area (Å²) in [6.45, 7) is 4.02. The second kappa shape index (κ2) is 8.89. The molecule has 1 atom stereocenters. The van der Waals surface area contributed by atoms with Gasteiger partial charge in [-0.05, 0) is 55.1 Å². The van der Waals surface area contributed by atoms with Gasteiger partial charge in [-0.15, -0.1) is 5.10 Å². The molecule has 1 saturated heterocycles. The van der Waals surface area contributed by atoms with E-state index in [4.69, 9.17) is 0 Å². The molecule has 1 unspecified atom stereocenters. The number of nitrogens with one attached hydrogen (secondary N) is 1. The summed E-state index contributed by atoms with van der Waals surface area (Å²) in [5.41, 5.74) is 2.87. The molecule has 6 heteroatoms. The van der Waals surface area contributed by atoms with Crippen molar-refractivity contribution in [2.75, 3.05) is 25.0 Å². The van der Waals surface area contributed by atoms with Gasteiger partial charge in [-0.2, -0.15) is 5.10 Å². The van der Waals surface area contributed by atoms with Crippen LogP contribution >= 0.6 is 0 Å². The van der Waals surface area contributed by atoms with Crippen LogP contribution in [0.1, 0.15) is 18.4 Å². The summed E-state index contributed by atoms with van der Waals surface area (Å²) in [4.78, 5) is 7.04. The van der Waals surface area contributed by atoms with Crippen LogP contribution < -0.4 is 5.32 Å². The van der Waals surface area contributed by atoms with Crippen molar-refractivity contribution in [3.63, 3.8) is 0 Å². The molecule has 144 valence electrons. The van der Waals surface area contributed by atoms with Crippen LogP contribution in [0.15, 0.2) is 60.8 Å². The van der Waals surface area contributed by atoms with E-state index < -0.39 is 0 Å². The van der Waals surface area contributed by atoms with E-state index in [1.54, 1.807) is 18.3 Å². The summed E-state index contributed by atoms with van der Waals surface area (Å²) in [7, 11) is 0. The van der Waals surface area contributed by atoms with Crippen LogP contribution in [0.3, 0.4) is 0 Å². The molecule has 0 saturated carbocycles. The maximum Gasteiger partial charge on any atom is 0.243 e. The molecule has 4 rings (SSSR count). The van der Waals surface area contributed by atoms with E-state index in [9.17, 15) is 4.39 Å². The summed E-state index contributed by atoms with van der Waals surface area (Å²) >= 11 is 0. The van der Waals surface area contributed by atoms with Gasteiger partial charge in [0.1, 0.15) is 5.82 Å². The number of piperidine rings is 1. The average Bonchev–Trinajstić information content (AvgIpc) is 2.74. The molecule has 0 bridgehead atoms. The Morgan fingerprint density at radius 2 is 1.89 bits per heavy atom. The van der Waals surface area contributed by atoms with E-state index in [-0.39, 0.29) is 5.82 Å². The van der Waals surface area contributed by atoms with Crippen LogP contribution in [0.2, 0.25) is 0 Å². The van der Waals surface area contributed by atoms with Gasteiger partial charge in [0.25, 0.3) is 0 Å². The molecule has 5 nitrogen and oxygen atoms in total. The van der Waals surface area contributed by atoms with Crippen LogP contribution in [0.25, 0.3) is 11.3 Å². The van der Waals surface area contributed by atoms with Crippen LogP contribution in [0.4, 0.5) is 10.3 Å². The number of anilines is 1. The standard InChI is InChI=1S/C22H24FN5/c23-20-10-8-19(9-11-20)21-14-25-27-22(26-21)24-13-18-7-4-12-28(16-18)15-17-5-2-1-3-6-17/h1-3,5-6,8-11,14,18H,4,7,12-13,15-16H2,(H,24,26,27). The maximum atomic E-state index is 13.1. The molecule has 3 aromatic rings. The lowest BCUT2D eigenvalue weighted by Crippen LogP contribution is -2.37. The summed E-state index contributed by atoms with van der Waals surface area (Å²) in [6.07, 6.45) is 4.00. The second-order valence-corrected chi connectivity index (χ2v) is 7.28. The van der Waals surface area contributed by atoms with Crippen molar-refractivity contribution in [1.29, 1.82) is 0 Å². The van der Waals surface area contributed by atoms with Gasteiger partial charge in [0.15, 0.2) is 0 Å². The first-order valence-corrected chi connectivity index (χ1v) is 9.72. The van der Waals surface area contributed by atoms with Gasteiger partial charge >= 0.3 is 0 Å². The lowest BCUT2D eigenvalue weighted by Gasteiger charge is -2.32. The van der Waals surface area contributed by atoms with Gasteiger partial charge in [-0.25, -0.2) is 9.37 Å². The molecule has 0 amide bonds. The number of hydrogen-bond acceptors (Lipinski definition) is 5. The number of aromatic nitrogens is 3. The molecule has 2 aromatic carbocycles. The topological polar surface area (TPSA) is 53.9 Å². The summed E-state index contributed by atoms with van der Waals surface area (Å²) in [5.74, 6) is 0.805. The van der Waals surface area contributed by atoms with Gasteiger partial charge in [0.2, 0.25) is 5.95 Å². The molecule has 0 spiro atoms. The lowest BCUT2D eigenvalue weighted by atomic mass is 9.97. The van der Waals surface area contributed by atoms with Crippen molar-refractivity contribution in [3.05, 3.63) is 72.2 Å². The Morgan fingerprint density at radius 3 is 2.71 bits per heavy atom. The van der Waals surface area contributed by atoms with Gasteiger partial charge in [-0.1, -0.05) is 30.3 Å². The smallest absolute Gasteiger partial charge is 0.243 e. The Bertz CT molecular complexity index is 885. The minimum atomic E-state index is -0.263. The molecule has 1 aliphatic heterocycles. The number of nitrogens with zero attached hydrogens (tertiary/aromatic N) is 4. The fraction of sp³-hybridized carbons (Fsp3) is 0.318. The number of halogens is 1. The first-order valence-electron chi connectivity index (χ1n) is 9.72. The Morgan fingerprint density at radius 1 is 1.07 bits per heavy atom. The third-order valence-electron chi connectivity index (χ3n) is 5.10. The second-order valence-electron chi connectivity index (χ2n) is 7.28. The Kier molecular flexibility index (Phi) is 5.87. The normalized spacial score (nSPS) is 17.4. The predicted octanol–water partition coefficient (Wildman–Crippen LogP) is 4.00. The number of rotatable bonds is 6. The molecule has 1 fully saturated rings. The zero-order valence-electron chi connectivity index (χ0n) is 15.8. The minimum Gasteiger partial charge on any atom is -0.353 e.